The maximum Gasteiger partial charge on any atom is 0.433 e. The van der Waals surface area contributed by atoms with Crippen LogP contribution in [0, 0.1) is 0 Å². The molecule has 7 nitrogen and oxygen atoms in total. The first-order valence-electron chi connectivity index (χ1n) is 6.22. The molecular weight excluding hydrogens is 343 g/mol. The summed E-state index contributed by atoms with van der Waals surface area (Å²) in [4.78, 5) is 17.6. The number of aromatic carboxylic acids is 1. The quantitative estimate of drug-likeness (QED) is 0.832. The van der Waals surface area contributed by atoms with E-state index in [1.807, 2.05) is 0 Å². The third-order valence-corrected chi connectivity index (χ3v) is 2.75. The second-order valence-corrected chi connectivity index (χ2v) is 4.45. The summed E-state index contributed by atoms with van der Waals surface area (Å²) in [5.41, 5.74) is -1.97. The summed E-state index contributed by atoms with van der Waals surface area (Å²) in [5, 5.41) is 12.5. The van der Waals surface area contributed by atoms with Gasteiger partial charge in [0, 0.05) is 7.05 Å². The molecule has 0 atom stereocenters. The number of hydrogen-bond acceptors (Lipinski definition) is 5. The average Bonchev–Trinajstić information content (AvgIpc) is 2.85. The van der Waals surface area contributed by atoms with E-state index in [1.54, 1.807) is 0 Å². The van der Waals surface area contributed by atoms with Crippen molar-refractivity contribution in [3.8, 4) is 5.88 Å². The monoisotopic (exact) mass is 352 g/mol. The smallest absolute Gasteiger partial charge is 0.433 e. The molecule has 2 heterocycles. The first-order valence-corrected chi connectivity index (χ1v) is 6.22. The molecule has 2 rings (SSSR count). The molecule has 0 amide bonds. The Labute approximate surface area is 130 Å². The van der Waals surface area contributed by atoms with E-state index >= 15 is 0 Å². The van der Waals surface area contributed by atoms with Crippen LogP contribution in [0.1, 0.15) is 34.1 Å². The lowest BCUT2D eigenvalue weighted by atomic mass is 10.2. The Kier molecular flexibility index (Phi) is 4.66. The standard InChI is InChI=1S/C12H9F5N4O3/c1-21-9(8(13)14)19-7(20-21)4-24-10-5(11(22)23)2-3-6(18-10)12(15,16)17/h2-3,8H,4H2,1H3,(H,22,23). The van der Waals surface area contributed by atoms with Gasteiger partial charge in [-0.2, -0.15) is 18.3 Å². The summed E-state index contributed by atoms with van der Waals surface area (Å²) in [6, 6.07) is 1.17. The minimum Gasteiger partial charge on any atom is -0.477 e. The highest BCUT2D eigenvalue weighted by Gasteiger charge is 2.34. The second kappa shape index (κ2) is 6.37. The molecule has 12 heteroatoms. The number of halogens is 5. The normalized spacial score (nSPS) is 11.8. The van der Waals surface area contributed by atoms with Crippen molar-refractivity contribution >= 4 is 5.97 Å². The molecule has 0 aliphatic rings. The number of rotatable bonds is 5. The molecule has 2 aromatic rings. The van der Waals surface area contributed by atoms with E-state index in [9.17, 15) is 26.7 Å². The largest absolute Gasteiger partial charge is 0.477 e. The Morgan fingerprint density at radius 1 is 1.33 bits per heavy atom. The number of aromatic nitrogens is 4. The molecule has 24 heavy (non-hydrogen) atoms. The van der Waals surface area contributed by atoms with E-state index in [0.29, 0.717) is 12.1 Å². The fourth-order valence-electron chi connectivity index (χ4n) is 1.71. The van der Waals surface area contributed by atoms with Crippen LogP contribution in [-0.2, 0) is 19.8 Å². The average molecular weight is 352 g/mol. The van der Waals surface area contributed by atoms with Crippen LogP contribution in [0.3, 0.4) is 0 Å². The number of carboxylic acids is 1. The summed E-state index contributed by atoms with van der Waals surface area (Å²) >= 11 is 0. The molecule has 0 aromatic carbocycles. The highest BCUT2D eigenvalue weighted by atomic mass is 19.4. The van der Waals surface area contributed by atoms with Crippen LogP contribution in [0.4, 0.5) is 22.0 Å². The highest BCUT2D eigenvalue weighted by molar-refractivity contribution is 5.90. The van der Waals surface area contributed by atoms with E-state index in [1.165, 1.54) is 7.05 Å². The van der Waals surface area contributed by atoms with Crippen LogP contribution >= 0.6 is 0 Å². The van der Waals surface area contributed by atoms with Crippen molar-refractivity contribution in [2.45, 2.75) is 19.2 Å². The third kappa shape index (κ3) is 3.75. The van der Waals surface area contributed by atoms with Gasteiger partial charge in [-0.05, 0) is 12.1 Å². The molecule has 0 aliphatic heterocycles. The van der Waals surface area contributed by atoms with Gasteiger partial charge >= 0.3 is 12.1 Å². The third-order valence-electron chi connectivity index (χ3n) is 2.75. The summed E-state index contributed by atoms with van der Waals surface area (Å²) in [7, 11) is 1.20. The van der Waals surface area contributed by atoms with Gasteiger partial charge in [-0.3, -0.25) is 0 Å². The van der Waals surface area contributed by atoms with Gasteiger partial charge in [0.2, 0.25) is 5.88 Å². The van der Waals surface area contributed by atoms with E-state index in [0.717, 1.165) is 4.68 Å². The van der Waals surface area contributed by atoms with Crippen molar-refractivity contribution in [1.82, 2.24) is 19.7 Å². The van der Waals surface area contributed by atoms with E-state index < -0.39 is 48.1 Å². The van der Waals surface area contributed by atoms with Crippen LogP contribution in [0.5, 0.6) is 5.88 Å². The summed E-state index contributed by atoms with van der Waals surface area (Å²) < 4.78 is 68.7. The van der Waals surface area contributed by atoms with Crippen molar-refractivity contribution in [3.05, 3.63) is 35.0 Å². The molecule has 0 spiro atoms. The van der Waals surface area contributed by atoms with Gasteiger partial charge in [-0.1, -0.05) is 0 Å². The first-order chi connectivity index (χ1) is 11.1. The summed E-state index contributed by atoms with van der Waals surface area (Å²) in [6.45, 7) is -0.630. The molecule has 0 saturated carbocycles. The maximum absolute atomic E-state index is 12.6. The van der Waals surface area contributed by atoms with Crippen LogP contribution < -0.4 is 4.74 Å². The Bertz CT molecular complexity index is 760. The van der Waals surface area contributed by atoms with Gasteiger partial charge in [0.1, 0.15) is 11.3 Å². The zero-order valence-corrected chi connectivity index (χ0v) is 11.9. The number of aryl methyl sites for hydroxylation is 1. The summed E-state index contributed by atoms with van der Waals surface area (Å²) in [6.07, 6.45) is -7.71. The number of hydrogen-bond donors (Lipinski definition) is 1. The number of pyridine rings is 1. The lowest BCUT2D eigenvalue weighted by Crippen LogP contribution is -2.12. The topological polar surface area (TPSA) is 90.1 Å². The fourth-order valence-corrected chi connectivity index (χ4v) is 1.71. The van der Waals surface area contributed by atoms with Gasteiger partial charge in [0.15, 0.2) is 18.3 Å². The molecule has 130 valence electrons. The lowest BCUT2D eigenvalue weighted by Gasteiger charge is -2.10. The van der Waals surface area contributed by atoms with Gasteiger partial charge in [-0.15, -0.1) is 0 Å². The molecule has 1 N–H and O–H groups in total. The number of carboxylic acid groups (broad SMARTS) is 1. The van der Waals surface area contributed by atoms with Crippen molar-refractivity contribution in [2.24, 2.45) is 7.05 Å². The SMILES string of the molecule is Cn1nc(COc2nc(C(F)(F)F)ccc2C(=O)O)nc1C(F)F. The lowest BCUT2D eigenvalue weighted by molar-refractivity contribution is -0.141. The van der Waals surface area contributed by atoms with Gasteiger partial charge in [0.05, 0.1) is 0 Å². The Balaban J connectivity index is 2.27. The van der Waals surface area contributed by atoms with Crippen molar-refractivity contribution in [3.63, 3.8) is 0 Å². The van der Waals surface area contributed by atoms with Crippen LogP contribution in [0.25, 0.3) is 0 Å². The molecule has 0 aliphatic carbocycles. The Morgan fingerprint density at radius 3 is 2.50 bits per heavy atom. The number of ether oxygens (including phenoxy) is 1. The highest BCUT2D eigenvalue weighted by Crippen LogP contribution is 2.30. The molecule has 0 unspecified atom stereocenters. The van der Waals surface area contributed by atoms with Crippen molar-refractivity contribution in [2.75, 3.05) is 0 Å². The van der Waals surface area contributed by atoms with Crippen LogP contribution in [0.2, 0.25) is 0 Å². The zero-order valence-electron chi connectivity index (χ0n) is 11.9. The van der Waals surface area contributed by atoms with Gasteiger partial charge < -0.3 is 9.84 Å². The van der Waals surface area contributed by atoms with Crippen LogP contribution in [0.15, 0.2) is 12.1 Å². The van der Waals surface area contributed by atoms with Crippen LogP contribution in [-0.4, -0.2) is 30.8 Å². The molecular formula is C12H9F5N4O3. The molecule has 0 fully saturated rings. The Morgan fingerprint density at radius 2 is 2.00 bits per heavy atom. The van der Waals surface area contributed by atoms with E-state index in [4.69, 9.17) is 9.84 Å². The molecule has 0 saturated heterocycles. The van der Waals surface area contributed by atoms with E-state index in [2.05, 4.69) is 15.1 Å². The second-order valence-electron chi connectivity index (χ2n) is 4.45. The minimum atomic E-state index is -4.80. The van der Waals surface area contributed by atoms with Gasteiger partial charge in [0.25, 0.3) is 6.43 Å². The number of alkyl halides is 5. The molecule has 0 radical (unpaired) electrons. The predicted molar refractivity (Wildman–Crippen MR) is 66.5 cm³/mol. The Hall–Kier alpha value is -2.79. The predicted octanol–water partition coefficient (Wildman–Crippen LogP) is 2.44. The zero-order chi connectivity index (χ0) is 18.1. The minimum absolute atomic E-state index is 0.261. The number of carbonyl (C=O) groups is 1. The first kappa shape index (κ1) is 17.6. The van der Waals surface area contributed by atoms with Crippen molar-refractivity contribution < 1.29 is 36.6 Å². The number of nitrogens with zero attached hydrogens (tertiary/aromatic N) is 4. The van der Waals surface area contributed by atoms with E-state index in [-0.39, 0.29) is 5.82 Å². The van der Waals surface area contributed by atoms with Gasteiger partial charge in [-0.25, -0.2) is 28.2 Å². The summed E-state index contributed by atoms with van der Waals surface area (Å²) in [5.74, 6) is -3.30. The molecule has 2 aromatic heterocycles. The van der Waals surface area contributed by atoms with Crippen molar-refractivity contribution in [1.29, 1.82) is 0 Å². The fraction of sp³-hybridized carbons (Fsp3) is 0.333. The molecule has 0 bridgehead atoms. The maximum atomic E-state index is 12.6.